The van der Waals surface area contributed by atoms with E-state index in [-0.39, 0.29) is 11.3 Å². The minimum atomic E-state index is -0.245. The molecule has 7 nitrogen and oxygen atoms in total. The fourth-order valence-electron chi connectivity index (χ4n) is 2.96. The van der Waals surface area contributed by atoms with Crippen LogP contribution in [0.4, 0.5) is 5.69 Å². The summed E-state index contributed by atoms with van der Waals surface area (Å²) in [7, 11) is 0. The second kappa shape index (κ2) is 5.60. The molecular formula is C18H11ClN6O. The third-order valence-corrected chi connectivity index (χ3v) is 4.58. The Balaban J connectivity index is 1.66. The van der Waals surface area contributed by atoms with Gasteiger partial charge in [0.2, 0.25) is 0 Å². The molecule has 0 bridgehead atoms. The molecule has 2 aromatic carbocycles. The van der Waals surface area contributed by atoms with Crippen molar-refractivity contribution in [1.82, 2.24) is 19.6 Å². The summed E-state index contributed by atoms with van der Waals surface area (Å²) in [6.07, 6.45) is 0. The minimum absolute atomic E-state index is 0.245. The average molecular weight is 363 g/mol. The van der Waals surface area contributed by atoms with Gasteiger partial charge in [-0.1, -0.05) is 29.8 Å². The summed E-state index contributed by atoms with van der Waals surface area (Å²) in [4.78, 5) is 21.5. The van der Waals surface area contributed by atoms with Crippen LogP contribution in [0.3, 0.4) is 0 Å². The molecule has 5 rings (SSSR count). The highest BCUT2D eigenvalue weighted by Crippen LogP contribution is 2.30. The first-order valence-corrected chi connectivity index (χ1v) is 8.32. The lowest BCUT2D eigenvalue weighted by molar-refractivity contribution is 0.904. The minimum Gasteiger partial charge on any atom is -0.271 e. The molecule has 0 atom stereocenters. The second-order valence-electron chi connectivity index (χ2n) is 5.91. The van der Waals surface area contributed by atoms with Crippen molar-refractivity contribution in [2.45, 2.75) is 6.54 Å². The lowest BCUT2D eigenvalue weighted by atomic mass is 10.1. The number of hydrogen-bond acceptors (Lipinski definition) is 5. The largest absolute Gasteiger partial charge is 0.274 e. The van der Waals surface area contributed by atoms with Crippen molar-refractivity contribution < 1.29 is 0 Å². The summed E-state index contributed by atoms with van der Waals surface area (Å²) in [5.74, 6) is 0.779. The van der Waals surface area contributed by atoms with Crippen molar-refractivity contribution >= 4 is 23.1 Å². The van der Waals surface area contributed by atoms with E-state index in [0.717, 1.165) is 16.8 Å². The van der Waals surface area contributed by atoms with E-state index in [2.05, 4.69) is 25.3 Å². The highest BCUT2D eigenvalue weighted by molar-refractivity contribution is 6.33. The topological polar surface area (TPSA) is 87.8 Å². The Morgan fingerprint density at radius 3 is 2.85 bits per heavy atom. The van der Waals surface area contributed by atoms with Gasteiger partial charge in [0, 0.05) is 22.8 Å². The molecule has 0 aliphatic carbocycles. The molecule has 2 aromatic heterocycles. The number of H-pyrrole nitrogens is 1. The monoisotopic (exact) mass is 362 g/mol. The Morgan fingerprint density at radius 2 is 1.96 bits per heavy atom. The Bertz CT molecular complexity index is 1260. The average Bonchev–Trinajstić information content (AvgIpc) is 3.28. The molecule has 26 heavy (non-hydrogen) atoms. The van der Waals surface area contributed by atoms with E-state index in [9.17, 15) is 4.79 Å². The van der Waals surface area contributed by atoms with Gasteiger partial charge < -0.3 is 0 Å². The fourth-order valence-corrected chi connectivity index (χ4v) is 3.18. The Hall–Kier alpha value is -3.32. The molecular weight excluding hydrogens is 352 g/mol. The normalized spacial score (nSPS) is 12.7. The molecule has 0 saturated carbocycles. The number of rotatable bonds is 2. The number of benzene rings is 2. The smallest absolute Gasteiger partial charge is 0.271 e. The van der Waals surface area contributed by atoms with E-state index in [1.807, 2.05) is 36.4 Å². The van der Waals surface area contributed by atoms with Crippen molar-refractivity contribution in [1.29, 1.82) is 0 Å². The maximum Gasteiger partial charge on any atom is 0.274 e. The van der Waals surface area contributed by atoms with E-state index in [1.165, 1.54) is 10.6 Å². The number of hydrogen-bond donors (Lipinski definition) is 1. The van der Waals surface area contributed by atoms with Crippen molar-refractivity contribution in [3.05, 3.63) is 69.5 Å². The first-order chi connectivity index (χ1) is 12.7. The third-order valence-electron chi connectivity index (χ3n) is 4.25. The molecule has 3 heterocycles. The van der Waals surface area contributed by atoms with Crippen LogP contribution in [0.2, 0.25) is 5.02 Å². The van der Waals surface area contributed by atoms with Crippen LogP contribution in [-0.4, -0.2) is 19.6 Å². The molecule has 0 saturated heterocycles. The molecule has 8 heteroatoms. The quantitative estimate of drug-likeness (QED) is 0.584. The summed E-state index contributed by atoms with van der Waals surface area (Å²) < 4.78 is 1.31. The Morgan fingerprint density at radius 1 is 1.08 bits per heavy atom. The molecule has 126 valence electrons. The molecule has 0 radical (unpaired) electrons. The molecule has 0 fully saturated rings. The van der Waals surface area contributed by atoms with E-state index >= 15 is 0 Å². The molecule has 0 spiro atoms. The zero-order valence-corrected chi connectivity index (χ0v) is 14.1. The number of nitrogens with one attached hydrogen (secondary N) is 1. The number of azo groups is 1. The van der Waals surface area contributed by atoms with Gasteiger partial charge in [-0.15, -0.1) is 0 Å². The van der Waals surface area contributed by atoms with Crippen molar-refractivity contribution in [3.8, 4) is 22.6 Å². The van der Waals surface area contributed by atoms with Crippen LogP contribution in [0.25, 0.3) is 28.4 Å². The van der Waals surface area contributed by atoms with Gasteiger partial charge in [-0.25, -0.2) is 4.98 Å². The third kappa shape index (κ3) is 2.33. The molecule has 0 amide bonds. The zero-order valence-electron chi connectivity index (χ0n) is 13.3. The van der Waals surface area contributed by atoms with Crippen molar-refractivity contribution in [2.24, 2.45) is 10.2 Å². The number of aromatic amines is 1. The molecule has 1 N–H and O–H groups in total. The zero-order chi connectivity index (χ0) is 17.7. The van der Waals surface area contributed by atoms with Crippen LogP contribution < -0.4 is 5.56 Å². The summed E-state index contributed by atoms with van der Waals surface area (Å²) in [6, 6.07) is 14.5. The first-order valence-electron chi connectivity index (χ1n) is 7.94. The number of aromatic nitrogens is 4. The number of halogens is 1. The summed E-state index contributed by atoms with van der Waals surface area (Å²) in [5, 5.41) is 11.6. The van der Waals surface area contributed by atoms with Crippen LogP contribution >= 0.6 is 11.6 Å². The van der Waals surface area contributed by atoms with Crippen molar-refractivity contribution in [3.63, 3.8) is 0 Å². The van der Waals surface area contributed by atoms with Gasteiger partial charge in [-0.3, -0.25) is 9.89 Å². The van der Waals surface area contributed by atoms with E-state index in [0.29, 0.717) is 28.6 Å². The van der Waals surface area contributed by atoms with Gasteiger partial charge in [-0.2, -0.15) is 19.7 Å². The fraction of sp³-hybridized carbons (Fsp3) is 0.0556. The van der Waals surface area contributed by atoms with E-state index in [4.69, 9.17) is 11.6 Å². The highest BCUT2D eigenvalue weighted by Gasteiger charge is 2.14. The molecule has 0 unspecified atom stereocenters. The van der Waals surface area contributed by atoms with Gasteiger partial charge >= 0.3 is 0 Å². The summed E-state index contributed by atoms with van der Waals surface area (Å²) in [6.45, 7) is 0.545. The van der Waals surface area contributed by atoms with Crippen LogP contribution in [0.5, 0.6) is 0 Å². The standard InChI is InChI=1S/C18H11ClN6O/c19-13-4-2-1-3-12(13)17-22-18-21-15(8-16(26)25(18)24-17)10-5-6-14-11(7-10)9-20-23-14/h1-8H,9H2,(H,21,22,24). The Labute approximate surface area is 152 Å². The molecule has 1 aliphatic rings. The molecule has 1 aliphatic heterocycles. The summed E-state index contributed by atoms with van der Waals surface area (Å²) >= 11 is 6.22. The van der Waals surface area contributed by atoms with Crippen LogP contribution in [0, 0.1) is 0 Å². The van der Waals surface area contributed by atoms with Gasteiger partial charge in [0.1, 0.15) is 0 Å². The van der Waals surface area contributed by atoms with Crippen LogP contribution in [0.15, 0.2) is 63.6 Å². The van der Waals surface area contributed by atoms with Gasteiger partial charge in [0.05, 0.1) is 22.9 Å². The van der Waals surface area contributed by atoms with Crippen LogP contribution in [0.1, 0.15) is 5.56 Å². The second-order valence-corrected chi connectivity index (χ2v) is 6.32. The predicted molar refractivity (Wildman–Crippen MR) is 97.7 cm³/mol. The van der Waals surface area contributed by atoms with E-state index < -0.39 is 0 Å². The van der Waals surface area contributed by atoms with Gasteiger partial charge in [0.15, 0.2) is 5.82 Å². The summed E-state index contributed by atoms with van der Waals surface area (Å²) in [5.41, 5.74) is 3.72. The lowest BCUT2D eigenvalue weighted by Gasteiger charge is -2.02. The highest BCUT2D eigenvalue weighted by atomic mass is 35.5. The van der Waals surface area contributed by atoms with E-state index in [1.54, 1.807) is 6.07 Å². The number of nitrogens with zero attached hydrogens (tertiary/aromatic N) is 5. The maximum absolute atomic E-state index is 12.5. The first kappa shape index (κ1) is 15.0. The number of fused-ring (bicyclic) bond motifs is 2. The van der Waals surface area contributed by atoms with Gasteiger partial charge in [0.25, 0.3) is 11.3 Å². The predicted octanol–water partition coefficient (Wildman–Crippen LogP) is 4.00. The van der Waals surface area contributed by atoms with Gasteiger partial charge in [-0.05, 0) is 24.3 Å². The SMILES string of the molecule is O=c1cc(-c2ccc3c(c2)CN=N3)nc2nc(-c3ccccc3Cl)[nH]n12. The maximum atomic E-state index is 12.5. The molecule has 4 aromatic rings. The lowest BCUT2D eigenvalue weighted by Crippen LogP contribution is -2.14. The van der Waals surface area contributed by atoms with Crippen molar-refractivity contribution in [2.75, 3.05) is 0 Å². The Kier molecular flexibility index (Phi) is 3.23. The van der Waals surface area contributed by atoms with Crippen LogP contribution in [-0.2, 0) is 6.54 Å².